The first-order valence-electron chi connectivity index (χ1n) is 9.71. The maximum atomic E-state index is 13.0. The highest BCUT2D eigenvalue weighted by atomic mass is 35.5. The summed E-state index contributed by atoms with van der Waals surface area (Å²) < 4.78 is 38.0. The van der Waals surface area contributed by atoms with Crippen LogP contribution in [0.1, 0.15) is 10.4 Å². The van der Waals surface area contributed by atoms with E-state index in [1.54, 1.807) is 49.6 Å². The fourth-order valence-electron chi connectivity index (χ4n) is 2.93. The molecule has 0 saturated heterocycles. The zero-order chi connectivity index (χ0) is 23.1. The van der Waals surface area contributed by atoms with Gasteiger partial charge in [-0.2, -0.15) is 0 Å². The molecular formula is C23H23ClN2O5S. The molecule has 1 N–H and O–H groups in total. The number of para-hydroxylation sites is 2. The van der Waals surface area contributed by atoms with Gasteiger partial charge in [-0.1, -0.05) is 35.9 Å². The summed E-state index contributed by atoms with van der Waals surface area (Å²) in [4.78, 5) is 12.5. The Morgan fingerprint density at radius 2 is 1.72 bits per heavy atom. The van der Waals surface area contributed by atoms with Gasteiger partial charge in [-0.3, -0.25) is 9.10 Å². The van der Waals surface area contributed by atoms with E-state index in [4.69, 9.17) is 21.1 Å². The van der Waals surface area contributed by atoms with Crippen molar-refractivity contribution >= 4 is 33.2 Å². The van der Waals surface area contributed by atoms with Crippen LogP contribution in [0.5, 0.6) is 11.5 Å². The first-order valence-corrected chi connectivity index (χ1v) is 11.5. The second-order valence-electron chi connectivity index (χ2n) is 6.74. The topological polar surface area (TPSA) is 84.9 Å². The molecule has 0 fully saturated rings. The number of benzene rings is 3. The molecule has 3 aromatic rings. The molecule has 0 heterocycles. The molecule has 0 aliphatic carbocycles. The van der Waals surface area contributed by atoms with E-state index in [1.807, 2.05) is 12.1 Å². The highest BCUT2D eigenvalue weighted by Gasteiger charge is 2.22. The van der Waals surface area contributed by atoms with Crippen LogP contribution in [0.2, 0.25) is 5.02 Å². The Balaban J connectivity index is 1.65. The molecule has 3 rings (SSSR count). The van der Waals surface area contributed by atoms with Crippen molar-refractivity contribution in [2.24, 2.45) is 0 Å². The Hall–Kier alpha value is -3.23. The Labute approximate surface area is 192 Å². The summed E-state index contributed by atoms with van der Waals surface area (Å²) >= 11 is 5.98. The van der Waals surface area contributed by atoms with Crippen molar-refractivity contribution in [3.05, 3.63) is 83.4 Å². The van der Waals surface area contributed by atoms with Gasteiger partial charge in [-0.25, -0.2) is 8.42 Å². The van der Waals surface area contributed by atoms with Gasteiger partial charge in [0.2, 0.25) is 0 Å². The van der Waals surface area contributed by atoms with Crippen molar-refractivity contribution in [3.63, 3.8) is 0 Å². The first kappa shape index (κ1) is 23.4. The van der Waals surface area contributed by atoms with Crippen molar-refractivity contribution < 1.29 is 22.7 Å². The van der Waals surface area contributed by atoms with Crippen molar-refractivity contribution in [2.75, 3.05) is 31.6 Å². The number of sulfonamides is 1. The molecule has 32 heavy (non-hydrogen) atoms. The third-order valence-corrected chi connectivity index (χ3v) is 6.66. The maximum Gasteiger partial charge on any atom is 0.264 e. The van der Waals surface area contributed by atoms with Crippen LogP contribution in [0.25, 0.3) is 0 Å². The van der Waals surface area contributed by atoms with Gasteiger partial charge in [0.05, 0.1) is 24.2 Å². The van der Waals surface area contributed by atoms with Gasteiger partial charge in [0, 0.05) is 17.6 Å². The maximum absolute atomic E-state index is 13.0. The van der Waals surface area contributed by atoms with E-state index in [1.165, 1.54) is 25.2 Å². The summed E-state index contributed by atoms with van der Waals surface area (Å²) in [7, 11) is -0.894. The van der Waals surface area contributed by atoms with Crippen LogP contribution in [0.3, 0.4) is 0 Å². The average molecular weight is 475 g/mol. The van der Waals surface area contributed by atoms with Crippen LogP contribution < -0.4 is 19.1 Å². The first-order chi connectivity index (χ1) is 15.3. The monoisotopic (exact) mass is 474 g/mol. The number of nitrogens with one attached hydrogen (secondary N) is 1. The summed E-state index contributed by atoms with van der Waals surface area (Å²) in [6.07, 6.45) is 0. The summed E-state index contributed by atoms with van der Waals surface area (Å²) in [6.45, 7) is 0.456. The number of halogens is 1. The fraction of sp³-hybridized carbons (Fsp3) is 0.174. The number of rotatable bonds is 9. The van der Waals surface area contributed by atoms with E-state index in [2.05, 4.69) is 5.32 Å². The molecule has 0 aliphatic heterocycles. The average Bonchev–Trinajstić information content (AvgIpc) is 2.81. The van der Waals surface area contributed by atoms with E-state index in [0.717, 1.165) is 4.31 Å². The molecule has 0 aliphatic rings. The number of amides is 1. The molecule has 0 aromatic heterocycles. The molecule has 0 radical (unpaired) electrons. The molecule has 0 saturated carbocycles. The molecule has 168 valence electrons. The van der Waals surface area contributed by atoms with Crippen molar-refractivity contribution in [3.8, 4) is 11.5 Å². The normalized spacial score (nSPS) is 11.0. The van der Waals surface area contributed by atoms with E-state index < -0.39 is 15.9 Å². The van der Waals surface area contributed by atoms with Gasteiger partial charge < -0.3 is 14.8 Å². The minimum Gasteiger partial charge on any atom is -0.493 e. The Morgan fingerprint density at radius 3 is 2.44 bits per heavy atom. The second kappa shape index (κ2) is 10.4. The summed E-state index contributed by atoms with van der Waals surface area (Å²) in [5, 5.41) is 3.15. The van der Waals surface area contributed by atoms with Crippen LogP contribution in [-0.4, -0.2) is 41.6 Å². The molecule has 0 spiro atoms. The zero-order valence-corrected chi connectivity index (χ0v) is 19.2. The summed E-state index contributed by atoms with van der Waals surface area (Å²) in [6, 6.07) is 19.6. The minimum atomic E-state index is -3.88. The van der Waals surface area contributed by atoms with Crippen molar-refractivity contribution in [2.45, 2.75) is 4.90 Å². The molecule has 9 heteroatoms. The number of nitrogens with zero attached hydrogens (tertiary/aromatic N) is 1. The molecule has 7 nitrogen and oxygen atoms in total. The molecule has 3 aromatic carbocycles. The van der Waals surface area contributed by atoms with Gasteiger partial charge in [-0.15, -0.1) is 0 Å². The van der Waals surface area contributed by atoms with Crippen molar-refractivity contribution in [1.82, 2.24) is 5.32 Å². The number of hydrogen-bond acceptors (Lipinski definition) is 5. The Morgan fingerprint density at radius 1 is 1.00 bits per heavy atom. The second-order valence-corrected chi connectivity index (χ2v) is 9.14. The van der Waals surface area contributed by atoms with Gasteiger partial charge in [-0.05, 0) is 48.5 Å². The predicted molar refractivity (Wildman–Crippen MR) is 124 cm³/mol. The Kier molecular flexibility index (Phi) is 7.61. The van der Waals surface area contributed by atoms with Gasteiger partial charge >= 0.3 is 0 Å². The Bertz CT molecular complexity index is 1200. The quantitative estimate of drug-likeness (QED) is 0.474. The van der Waals surface area contributed by atoms with E-state index in [0.29, 0.717) is 22.2 Å². The number of carbonyl (C=O) groups is 1. The SMILES string of the molecule is COc1ccccc1OCCNC(=O)c1cccc(S(=O)(=O)N(C)c2cccc(Cl)c2)c1. The number of hydrogen-bond donors (Lipinski definition) is 1. The molecule has 0 atom stereocenters. The van der Waals surface area contributed by atoms with Gasteiger partial charge in [0.25, 0.3) is 15.9 Å². The number of carbonyl (C=O) groups excluding carboxylic acids is 1. The van der Waals surface area contributed by atoms with Crippen LogP contribution in [-0.2, 0) is 10.0 Å². The highest BCUT2D eigenvalue weighted by Crippen LogP contribution is 2.26. The lowest BCUT2D eigenvalue weighted by Gasteiger charge is -2.20. The summed E-state index contributed by atoms with van der Waals surface area (Å²) in [5.41, 5.74) is 0.642. The van der Waals surface area contributed by atoms with Crippen LogP contribution in [0.15, 0.2) is 77.7 Å². The van der Waals surface area contributed by atoms with Crippen molar-refractivity contribution in [1.29, 1.82) is 0 Å². The number of methoxy groups -OCH3 is 1. The highest BCUT2D eigenvalue weighted by molar-refractivity contribution is 7.92. The van der Waals surface area contributed by atoms with Gasteiger partial charge in [0.1, 0.15) is 6.61 Å². The lowest BCUT2D eigenvalue weighted by Crippen LogP contribution is -2.29. The molecule has 0 unspecified atom stereocenters. The standard InChI is InChI=1S/C23H23ClN2O5S/c1-26(19-9-6-8-18(24)16-19)32(28,29)20-10-5-7-17(15-20)23(27)25-13-14-31-22-12-4-3-11-21(22)30-2/h3-12,15-16H,13-14H2,1-2H3,(H,25,27). The zero-order valence-electron chi connectivity index (χ0n) is 17.6. The summed E-state index contributed by atoms with van der Waals surface area (Å²) in [5.74, 6) is 0.762. The third-order valence-electron chi connectivity index (χ3n) is 4.64. The van der Waals surface area contributed by atoms with Crippen LogP contribution in [0, 0.1) is 0 Å². The van der Waals surface area contributed by atoms with E-state index in [-0.39, 0.29) is 23.6 Å². The lowest BCUT2D eigenvalue weighted by atomic mass is 10.2. The fourth-order valence-corrected chi connectivity index (χ4v) is 4.35. The van der Waals surface area contributed by atoms with Gasteiger partial charge in [0.15, 0.2) is 11.5 Å². The molecular weight excluding hydrogens is 452 g/mol. The molecule has 0 bridgehead atoms. The smallest absolute Gasteiger partial charge is 0.264 e. The van der Waals surface area contributed by atoms with Crippen LogP contribution >= 0.6 is 11.6 Å². The largest absolute Gasteiger partial charge is 0.493 e. The number of anilines is 1. The van der Waals surface area contributed by atoms with Crippen LogP contribution in [0.4, 0.5) is 5.69 Å². The predicted octanol–water partition coefficient (Wildman–Crippen LogP) is 3.98. The third kappa shape index (κ3) is 5.52. The molecule has 1 amide bonds. The number of ether oxygens (including phenoxy) is 2. The minimum absolute atomic E-state index is 0.00195. The van der Waals surface area contributed by atoms with E-state index >= 15 is 0 Å². The lowest BCUT2D eigenvalue weighted by molar-refractivity contribution is 0.0946. The van der Waals surface area contributed by atoms with E-state index in [9.17, 15) is 13.2 Å².